The molecule has 26 heavy (non-hydrogen) atoms. The summed E-state index contributed by atoms with van der Waals surface area (Å²) in [5.41, 5.74) is 1.88. The third-order valence-electron chi connectivity index (χ3n) is 3.48. The van der Waals surface area contributed by atoms with Gasteiger partial charge in [0.25, 0.3) is 0 Å². The van der Waals surface area contributed by atoms with Crippen molar-refractivity contribution < 1.29 is 19.6 Å². The molecule has 0 saturated heterocycles. The molecule has 0 heterocycles. The van der Waals surface area contributed by atoms with Gasteiger partial charge in [-0.25, -0.2) is 4.79 Å². The molecule has 132 valence electrons. The predicted octanol–water partition coefficient (Wildman–Crippen LogP) is 4.80. The Kier molecular flexibility index (Phi) is 5.36. The van der Waals surface area contributed by atoms with E-state index < -0.39 is 6.09 Å². The smallest absolute Gasteiger partial charge is 0.410 e. The number of hydrogen-bond acceptors (Lipinski definition) is 5. The quantitative estimate of drug-likeness (QED) is 0.647. The van der Waals surface area contributed by atoms with Crippen molar-refractivity contribution in [2.75, 3.05) is 10.5 Å². The lowest BCUT2D eigenvalue weighted by molar-refractivity contribution is 0.0511. The highest BCUT2D eigenvalue weighted by molar-refractivity contribution is 5.86. The third kappa shape index (κ3) is 4.75. The van der Waals surface area contributed by atoms with Crippen LogP contribution < -0.4 is 20.1 Å². The first-order valence-corrected chi connectivity index (χ1v) is 7.98. The second-order valence-electron chi connectivity index (χ2n) is 5.56. The lowest BCUT2D eigenvalue weighted by Crippen LogP contribution is -2.23. The molecule has 0 atom stereocenters. The zero-order valence-electron chi connectivity index (χ0n) is 14.1. The second-order valence-corrected chi connectivity index (χ2v) is 5.56. The summed E-state index contributed by atoms with van der Waals surface area (Å²) in [5.74, 6) is 0.924. The van der Waals surface area contributed by atoms with E-state index in [1.165, 1.54) is 0 Å². The van der Waals surface area contributed by atoms with Crippen LogP contribution in [0.3, 0.4) is 0 Å². The molecule has 0 aliphatic rings. The van der Waals surface area contributed by atoms with Gasteiger partial charge in [-0.3, -0.25) is 10.5 Å². The molecule has 0 aliphatic carbocycles. The standard InChI is InChI=1S/C20H18N2O4/c1-15-10-12-18(13-11-15)25-20(23)21-16-6-5-7-17(14-16)22(24)26-19-8-3-2-4-9-19/h2-14,24H,1H3,(H,21,23). The van der Waals surface area contributed by atoms with Gasteiger partial charge < -0.3 is 9.57 Å². The van der Waals surface area contributed by atoms with Gasteiger partial charge in [-0.1, -0.05) is 47.2 Å². The molecule has 0 aliphatic heterocycles. The van der Waals surface area contributed by atoms with Crippen LogP contribution in [0.25, 0.3) is 0 Å². The van der Waals surface area contributed by atoms with Gasteiger partial charge in [0.05, 0.1) is 0 Å². The van der Waals surface area contributed by atoms with E-state index in [2.05, 4.69) is 5.32 Å². The minimum absolute atomic E-state index is 0.349. The van der Waals surface area contributed by atoms with Gasteiger partial charge in [0.15, 0.2) is 5.75 Å². The third-order valence-corrected chi connectivity index (χ3v) is 3.48. The fraction of sp³-hybridized carbons (Fsp3) is 0.0500. The number of ether oxygens (including phenoxy) is 1. The summed E-state index contributed by atoms with van der Waals surface area (Å²) in [6.45, 7) is 1.95. The van der Waals surface area contributed by atoms with Crippen LogP contribution in [0.15, 0.2) is 78.9 Å². The fourth-order valence-corrected chi connectivity index (χ4v) is 2.19. The lowest BCUT2D eigenvalue weighted by Gasteiger charge is -2.17. The number of amides is 1. The Balaban J connectivity index is 1.63. The normalized spacial score (nSPS) is 10.1. The van der Waals surface area contributed by atoms with Gasteiger partial charge in [-0.05, 0) is 49.4 Å². The zero-order valence-corrected chi connectivity index (χ0v) is 14.1. The maximum atomic E-state index is 12.0. The molecule has 3 aromatic rings. The van der Waals surface area contributed by atoms with Crippen molar-refractivity contribution in [2.45, 2.75) is 6.92 Å². The van der Waals surface area contributed by atoms with E-state index in [4.69, 9.17) is 9.57 Å². The van der Waals surface area contributed by atoms with Crippen molar-refractivity contribution >= 4 is 17.5 Å². The van der Waals surface area contributed by atoms with Crippen LogP contribution in [-0.4, -0.2) is 11.3 Å². The Hall–Kier alpha value is -3.51. The fourth-order valence-electron chi connectivity index (χ4n) is 2.19. The zero-order chi connectivity index (χ0) is 18.4. The van der Waals surface area contributed by atoms with Gasteiger partial charge in [-0.15, -0.1) is 0 Å². The summed E-state index contributed by atoms with van der Waals surface area (Å²) in [6, 6.07) is 22.5. The van der Waals surface area contributed by atoms with Crippen LogP contribution in [-0.2, 0) is 0 Å². The number of carbonyl (C=O) groups is 1. The van der Waals surface area contributed by atoms with Crippen LogP contribution >= 0.6 is 0 Å². The van der Waals surface area contributed by atoms with Crippen molar-refractivity contribution in [3.8, 4) is 11.5 Å². The van der Waals surface area contributed by atoms with Crippen molar-refractivity contribution in [2.24, 2.45) is 0 Å². The number of hydrogen-bond donors (Lipinski definition) is 2. The molecule has 0 bridgehead atoms. The average molecular weight is 350 g/mol. The summed E-state index contributed by atoms with van der Waals surface area (Å²) >= 11 is 0. The molecule has 6 nitrogen and oxygen atoms in total. The Morgan fingerprint density at radius 1 is 0.923 bits per heavy atom. The molecule has 1 amide bonds. The highest BCUT2D eigenvalue weighted by Crippen LogP contribution is 2.21. The minimum atomic E-state index is -0.625. The first-order valence-electron chi connectivity index (χ1n) is 7.98. The second kappa shape index (κ2) is 8.04. The number of benzene rings is 3. The molecule has 0 aromatic heterocycles. The Bertz CT molecular complexity index is 866. The predicted molar refractivity (Wildman–Crippen MR) is 98.6 cm³/mol. The van der Waals surface area contributed by atoms with Crippen LogP contribution in [0.4, 0.5) is 16.2 Å². The average Bonchev–Trinajstić information content (AvgIpc) is 2.64. The highest BCUT2D eigenvalue weighted by atomic mass is 16.9. The molecular weight excluding hydrogens is 332 g/mol. The molecule has 0 unspecified atom stereocenters. The monoisotopic (exact) mass is 350 g/mol. The SMILES string of the molecule is Cc1ccc(OC(=O)Nc2cccc(N(O)Oc3ccccc3)c2)cc1. The van der Waals surface area contributed by atoms with E-state index in [9.17, 15) is 10.0 Å². The van der Waals surface area contributed by atoms with Gasteiger partial charge in [0.1, 0.15) is 11.4 Å². The van der Waals surface area contributed by atoms with E-state index >= 15 is 0 Å². The van der Waals surface area contributed by atoms with Gasteiger partial charge in [0, 0.05) is 5.69 Å². The van der Waals surface area contributed by atoms with Gasteiger partial charge in [-0.2, -0.15) is 0 Å². The van der Waals surface area contributed by atoms with Crippen LogP contribution in [0.2, 0.25) is 0 Å². The number of nitrogens with one attached hydrogen (secondary N) is 1. The first-order chi connectivity index (χ1) is 12.6. The van der Waals surface area contributed by atoms with E-state index in [1.807, 2.05) is 25.1 Å². The summed E-state index contributed by atoms with van der Waals surface area (Å²) < 4.78 is 5.21. The van der Waals surface area contributed by atoms with E-state index in [0.29, 0.717) is 28.1 Å². The van der Waals surface area contributed by atoms with E-state index in [0.717, 1.165) is 5.56 Å². The van der Waals surface area contributed by atoms with Crippen molar-refractivity contribution in [3.05, 3.63) is 84.4 Å². The number of anilines is 2. The van der Waals surface area contributed by atoms with Crippen molar-refractivity contribution in [1.29, 1.82) is 0 Å². The van der Waals surface area contributed by atoms with Gasteiger partial charge >= 0.3 is 6.09 Å². The minimum Gasteiger partial charge on any atom is -0.410 e. The first kappa shape index (κ1) is 17.3. The Labute approximate surface area is 151 Å². The molecule has 3 rings (SSSR count). The topological polar surface area (TPSA) is 71.0 Å². The molecule has 0 spiro atoms. The Morgan fingerprint density at radius 2 is 1.65 bits per heavy atom. The van der Waals surface area contributed by atoms with Crippen LogP contribution in [0, 0.1) is 6.92 Å². The molecule has 6 heteroatoms. The van der Waals surface area contributed by atoms with E-state index in [-0.39, 0.29) is 0 Å². The molecule has 3 aromatic carbocycles. The highest BCUT2D eigenvalue weighted by Gasteiger charge is 2.09. The summed E-state index contributed by atoms with van der Waals surface area (Å²) in [7, 11) is 0. The number of nitrogens with zero attached hydrogens (tertiary/aromatic N) is 1. The molecule has 0 fully saturated rings. The van der Waals surface area contributed by atoms with Crippen molar-refractivity contribution in [3.63, 3.8) is 0 Å². The summed E-state index contributed by atoms with van der Waals surface area (Å²) in [4.78, 5) is 17.3. The molecular formula is C20H18N2O4. The van der Waals surface area contributed by atoms with Crippen LogP contribution in [0.1, 0.15) is 5.56 Å². The number of rotatable bonds is 5. The summed E-state index contributed by atoms with van der Waals surface area (Å²) in [5, 5.41) is 13.3. The van der Waals surface area contributed by atoms with Gasteiger partial charge in [0.2, 0.25) is 0 Å². The Morgan fingerprint density at radius 3 is 2.38 bits per heavy atom. The molecule has 0 saturated carbocycles. The lowest BCUT2D eigenvalue weighted by atomic mass is 10.2. The number of aryl methyl sites for hydroxylation is 1. The maximum absolute atomic E-state index is 12.0. The maximum Gasteiger partial charge on any atom is 0.417 e. The number of para-hydroxylation sites is 1. The largest absolute Gasteiger partial charge is 0.417 e. The van der Waals surface area contributed by atoms with Crippen LogP contribution in [0.5, 0.6) is 11.5 Å². The van der Waals surface area contributed by atoms with E-state index in [1.54, 1.807) is 60.7 Å². The molecule has 0 radical (unpaired) electrons. The molecule has 2 N–H and O–H groups in total. The summed E-state index contributed by atoms with van der Waals surface area (Å²) in [6.07, 6.45) is -0.625. The number of carbonyl (C=O) groups excluding carboxylic acids is 1. The van der Waals surface area contributed by atoms with Crippen molar-refractivity contribution in [1.82, 2.24) is 0 Å².